The molecule has 7 heteroatoms. The molecular formula is C16H18FN3O3. The lowest BCUT2D eigenvalue weighted by Gasteiger charge is -2.34. The monoisotopic (exact) mass is 319 g/mol. The first-order chi connectivity index (χ1) is 11.0. The smallest absolute Gasteiger partial charge is 0.251 e. The molecule has 6 nitrogen and oxygen atoms in total. The maximum Gasteiger partial charge on any atom is 0.251 e. The minimum Gasteiger partial charge on any atom is -0.369 e. The van der Waals surface area contributed by atoms with E-state index in [0.29, 0.717) is 25.2 Å². The molecule has 0 aliphatic carbocycles. The van der Waals surface area contributed by atoms with Gasteiger partial charge in [0.2, 0.25) is 11.8 Å². The molecule has 2 atom stereocenters. The highest BCUT2D eigenvalue weighted by Crippen LogP contribution is 2.28. The fourth-order valence-electron chi connectivity index (χ4n) is 3.28. The number of nitrogens with zero attached hydrogens (tertiary/aromatic N) is 2. The Hall–Kier alpha value is -2.28. The van der Waals surface area contributed by atoms with Crippen LogP contribution in [0.4, 0.5) is 10.1 Å². The lowest BCUT2D eigenvalue weighted by molar-refractivity contribution is -0.127. The average Bonchev–Trinajstić information content (AvgIpc) is 2.83. The molecule has 0 spiro atoms. The van der Waals surface area contributed by atoms with Crippen molar-refractivity contribution in [3.63, 3.8) is 0 Å². The van der Waals surface area contributed by atoms with Crippen LogP contribution in [0.2, 0.25) is 0 Å². The molecule has 0 aromatic heterocycles. The topological polar surface area (TPSA) is 83.7 Å². The fraction of sp³-hybridized carbons (Fsp3) is 0.438. The molecule has 2 heterocycles. The Morgan fingerprint density at radius 1 is 1.22 bits per heavy atom. The number of piperidine rings is 1. The summed E-state index contributed by atoms with van der Waals surface area (Å²) in [4.78, 5) is 39.2. The van der Waals surface area contributed by atoms with E-state index < -0.39 is 11.9 Å². The molecule has 23 heavy (non-hydrogen) atoms. The van der Waals surface area contributed by atoms with Crippen molar-refractivity contribution in [2.24, 2.45) is 11.7 Å². The molecule has 0 radical (unpaired) electrons. The molecule has 2 aliphatic rings. The Labute approximate surface area is 133 Å². The summed E-state index contributed by atoms with van der Waals surface area (Å²) in [5.74, 6) is -1.72. The molecule has 1 aromatic rings. The largest absolute Gasteiger partial charge is 0.369 e. The number of likely N-dealkylation sites (tertiary alicyclic amines) is 1. The van der Waals surface area contributed by atoms with E-state index in [0.717, 1.165) is 11.3 Å². The maximum absolute atomic E-state index is 13.0. The number of benzene rings is 1. The first-order valence-electron chi connectivity index (χ1n) is 7.63. The van der Waals surface area contributed by atoms with Crippen molar-refractivity contribution in [1.29, 1.82) is 0 Å². The number of hydrogen-bond donors (Lipinski definition) is 1. The van der Waals surface area contributed by atoms with Crippen LogP contribution in [-0.4, -0.2) is 41.8 Å². The van der Waals surface area contributed by atoms with Crippen LogP contribution >= 0.6 is 0 Å². The van der Waals surface area contributed by atoms with Crippen molar-refractivity contribution >= 4 is 23.4 Å². The normalized spacial score (nSPS) is 25.9. The van der Waals surface area contributed by atoms with Gasteiger partial charge in [-0.25, -0.2) is 9.29 Å². The van der Waals surface area contributed by atoms with Gasteiger partial charge >= 0.3 is 0 Å². The number of amides is 3. The van der Waals surface area contributed by atoms with Gasteiger partial charge in [-0.05, 0) is 43.7 Å². The van der Waals surface area contributed by atoms with E-state index in [9.17, 15) is 18.8 Å². The van der Waals surface area contributed by atoms with Crippen LogP contribution in [0.5, 0.6) is 0 Å². The Bertz CT molecular complexity index is 646. The highest BCUT2D eigenvalue weighted by Gasteiger charge is 2.44. The van der Waals surface area contributed by atoms with Gasteiger partial charge in [-0.2, -0.15) is 0 Å². The number of carbonyl (C=O) groups excluding carboxylic acids is 3. The lowest BCUT2D eigenvalue weighted by atomic mass is 9.96. The van der Waals surface area contributed by atoms with Crippen molar-refractivity contribution in [1.82, 2.24) is 4.90 Å². The molecule has 2 saturated heterocycles. The molecule has 1 aromatic carbocycles. The van der Waals surface area contributed by atoms with E-state index in [1.165, 1.54) is 24.3 Å². The van der Waals surface area contributed by atoms with Gasteiger partial charge in [0.1, 0.15) is 5.82 Å². The van der Waals surface area contributed by atoms with Crippen LogP contribution in [0.3, 0.4) is 0 Å². The van der Waals surface area contributed by atoms with Gasteiger partial charge in [0.15, 0.2) is 0 Å². The molecule has 2 N–H and O–H groups in total. The zero-order valence-electron chi connectivity index (χ0n) is 12.6. The van der Waals surface area contributed by atoms with Gasteiger partial charge in [0.05, 0.1) is 24.1 Å². The molecular weight excluding hydrogens is 301 g/mol. The van der Waals surface area contributed by atoms with Gasteiger partial charge in [0.25, 0.3) is 5.91 Å². The van der Waals surface area contributed by atoms with E-state index in [2.05, 4.69) is 0 Å². The number of carbonyl (C=O) groups is 3. The second-order valence-corrected chi connectivity index (χ2v) is 6.00. The van der Waals surface area contributed by atoms with E-state index in [1.54, 1.807) is 0 Å². The maximum atomic E-state index is 13.0. The van der Waals surface area contributed by atoms with Gasteiger partial charge in [-0.3, -0.25) is 19.3 Å². The highest BCUT2D eigenvalue weighted by atomic mass is 19.1. The summed E-state index contributed by atoms with van der Waals surface area (Å²) in [6.45, 7) is 1.06. The third kappa shape index (κ3) is 2.96. The van der Waals surface area contributed by atoms with Gasteiger partial charge < -0.3 is 5.73 Å². The standard InChI is InChI=1S/C16H18FN3O3/c17-11-3-5-12(6-4-11)20-14(21)8-13(16(20)23)19-7-1-2-10(9-19)15(18)22/h3-6,10,13H,1-2,7-9H2,(H2,18,22)/t10-,13-/m1/s1. The fourth-order valence-corrected chi connectivity index (χ4v) is 3.28. The van der Waals surface area contributed by atoms with E-state index in [-0.39, 0.29) is 30.1 Å². The van der Waals surface area contributed by atoms with Crippen molar-refractivity contribution in [2.45, 2.75) is 25.3 Å². The Kier molecular flexibility index (Phi) is 4.12. The Morgan fingerprint density at radius 3 is 2.57 bits per heavy atom. The number of anilines is 1. The van der Waals surface area contributed by atoms with Crippen LogP contribution < -0.4 is 10.6 Å². The Morgan fingerprint density at radius 2 is 1.91 bits per heavy atom. The zero-order chi connectivity index (χ0) is 16.6. The minimum atomic E-state index is -0.574. The summed E-state index contributed by atoms with van der Waals surface area (Å²) in [6, 6.07) is 4.68. The molecule has 3 amide bonds. The van der Waals surface area contributed by atoms with Gasteiger partial charge in [-0.1, -0.05) is 0 Å². The molecule has 122 valence electrons. The summed E-state index contributed by atoms with van der Waals surface area (Å²) < 4.78 is 13.0. The number of imide groups is 1. The first-order valence-corrected chi connectivity index (χ1v) is 7.63. The van der Waals surface area contributed by atoms with Crippen molar-refractivity contribution in [3.8, 4) is 0 Å². The number of primary amides is 1. The van der Waals surface area contributed by atoms with Crippen LogP contribution in [0.1, 0.15) is 19.3 Å². The van der Waals surface area contributed by atoms with Crippen LogP contribution in [-0.2, 0) is 14.4 Å². The molecule has 2 aliphatic heterocycles. The lowest BCUT2D eigenvalue weighted by Crippen LogP contribution is -2.49. The summed E-state index contributed by atoms with van der Waals surface area (Å²) >= 11 is 0. The highest BCUT2D eigenvalue weighted by molar-refractivity contribution is 6.22. The SMILES string of the molecule is NC(=O)[C@@H]1CCCN([C@@H]2CC(=O)N(c3ccc(F)cc3)C2=O)C1. The van der Waals surface area contributed by atoms with Crippen molar-refractivity contribution in [2.75, 3.05) is 18.0 Å². The van der Waals surface area contributed by atoms with Crippen LogP contribution in [0.15, 0.2) is 24.3 Å². The van der Waals surface area contributed by atoms with Crippen molar-refractivity contribution < 1.29 is 18.8 Å². The number of rotatable bonds is 3. The molecule has 0 bridgehead atoms. The van der Waals surface area contributed by atoms with E-state index in [4.69, 9.17) is 5.73 Å². The predicted molar refractivity (Wildman–Crippen MR) is 80.8 cm³/mol. The summed E-state index contributed by atoms with van der Waals surface area (Å²) in [5.41, 5.74) is 5.73. The van der Waals surface area contributed by atoms with E-state index in [1.807, 2.05) is 4.90 Å². The number of nitrogens with two attached hydrogens (primary N) is 1. The third-order valence-electron chi connectivity index (χ3n) is 4.50. The first kappa shape index (κ1) is 15.6. The summed E-state index contributed by atoms with van der Waals surface area (Å²) in [5, 5.41) is 0. The predicted octanol–water partition coefficient (Wildman–Crippen LogP) is 0.655. The summed E-state index contributed by atoms with van der Waals surface area (Å²) in [6.07, 6.45) is 1.55. The van der Waals surface area contributed by atoms with Crippen LogP contribution in [0, 0.1) is 11.7 Å². The minimum absolute atomic E-state index is 0.0711. The number of halogens is 1. The van der Waals surface area contributed by atoms with Gasteiger partial charge in [-0.15, -0.1) is 0 Å². The molecule has 2 fully saturated rings. The van der Waals surface area contributed by atoms with E-state index >= 15 is 0 Å². The average molecular weight is 319 g/mol. The summed E-state index contributed by atoms with van der Waals surface area (Å²) in [7, 11) is 0. The zero-order valence-corrected chi connectivity index (χ0v) is 12.6. The number of hydrogen-bond acceptors (Lipinski definition) is 4. The third-order valence-corrected chi connectivity index (χ3v) is 4.50. The van der Waals surface area contributed by atoms with Crippen molar-refractivity contribution in [3.05, 3.63) is 30.1 Å². The second-order valence-electron chi connectivity index (χ2n) is 6.00. The molecule has 0 saturated carbocycles. The second kappa shape index (κ2) is 6.08. The quantitative estimate of drug-likeness (QED) is 0.829. The van der Waals surface area contributed by atoms with Gasteiger partial charge in [0, 0.05) is 6.54 Å². The molecule has 3 rings (SSSR count). The van der Waals surface area contributed by atoms with Crippen LogP contribution in [0.25, 0.3) is 0 Å². The molecule has 0 unspecified atom stereocenters. The Balaban J connectivity index is 1.78.